The molecule has 168 valence electrons. The topological polar surface area (TPSA) is 86.8 Å². The average Bonchev–Trinajstić information content (AvgIpc) is 2.71. The molecular weight excluding hydrogens is 461 g/mol. The Kier molecular flexibility index (Phi) is 8.34. The molecule has 0 saturated carbocycles. The fourth-order valence-corrected chi connectivity index (χ4v) is 4.12. The van der Waals surface area contributed by atoms with Crippen LogP contribution in [0.5, 0.6) is 0 Å². The molecule has 31 heavy (non-hydrogen) atoms. The normalized spacial score (nSPS) is 12.2. The van der Waals surface area contributed by atoms with Crippen LogP contribution in [0.25, 0.3) is 0 Å². The average molecular weight is 486 g/mol. The smallest absolute Gasteiger partial charge is 0.244 e. The van der Waals surface area contributed by atoms with Gasteiger partial charge < -0.3 is 10.2 Å². The van der Waals surface area contributed by atoms with Crippen molar-refractivity contribution in [2.75, 3.05) is 24.2 Å². The van der Waals surface area contributed by atoms with Crippen LogP contribution in [0.1, 0.15) is 18.1 Å². The largest absolute Gasteiger partial charge is 0.357 e. The molecule has 0 aliphatic rings. The minimum atomic E-state index is -3.75. The molecule has 0 bridgehead atoms. The number of nitrogens with zero attached hydrogens (tertiary/aromatic N) is 2. The number of carbonyl (C=O) groups excluding carboxylic acids is 2. The summed E-state index contributed by atoms with van der Waals surface area (Å²) in [7, 11) is -2.28. The quantitative estimate of drug-likeness (QED) is 0.621. The highest BCUT2D eigenvalue weighted by Gasteiger charge is 2.29. The molecule has 1 unspecified atom stereocenters. The zero-order valence-electron chi connectivity index (χ0n) is 17.7. The van der Waals surface area contributed by atoms with Gasteiger partial charge in [-0.1, -0.05) is 47.0 Å². The van der Waals surface area contributed by atoms with E-state index in [-0.39, 0.29) is 12.5 Å². The van der Waals surface area contributed by atoms with Crippen molar-refractivity contribution in [3.05, 3.63) is 63.6 Å². The summed E-state index contributed by atoms with van der Waals surface area (Å²) >= 11 is 12.0. The molecule has 0 aliphatic heterocycles. The number of amides is 2. The zero-order chi connectivity index (χ0) is 23.3. The molecule has 1 N–H and O–H groups in total. The standard InChI is InChI=1S/C21H25Cl2N3O4S/c1-14-5-8-17(9-6-14)26(31(4,29)30)13-20(27)25(15(2)21(28)24-3)12-16-7-10-18(22)19(23)11-16/h5-11,15H,12-13H2,1-4H3,(H,24,28). The van der Waals surface area contributed by atoms with Crippen LogP contribution in [0.4, 0.5) is 5.69 Å². The summed E-state index contributed by atoms with van der Waals surface area (Å²) in [5, 5.41) is 3.20. The number of anilines is 1. The first-order chi connectivity index (χ1) is 14.4. The van der Waals surface area contributed by atoms with E-state index < -0.39 is 28.5 Å². The molecule has 0 fully saturated rings. The van der Waals surface area contributed by atoms with Gasteiger partial charge in [0.15, 0.2) is 0 Å². The predicted octanol–water partition coefficient (Wildman–Crippen LogP) is 3.23. The monoisotopic (exact) mass is 485 g/mol. The minimum absolute atomic E-state index is 0.0514. The Morgan fingerprint density at radius 3 is 2.19 bits per heavy atom. The summed E-state index contributed by atoms with van der Waals surface area (Å²) in [5.41, 5.74) is 1.97. The van der Waals surface area contributed by atoms with Crippen LogP contribution in [0.3, 0.4) is 0 Å². The molecule has 10 heteroatoms. The summed E-state index contributed by atoms with van der Waals surface area (Å²) in [6, 6.07) is 10.9. The fourth-order valence-electron chi connectivity index (χ4n) is 2.95. The van der Waals surface area contributed by atoms with Gasteiger partial charge >= 0.3 is 0 Å². The first kappa shape index (κ1) is 25.0. The molecular formula is C21H25Cl2N3O4S. The van der Waals surface area contributed by atoms with Crippen LogP contribution in [0.2, 0.25) is 10.0 Å². The van der Waals surface area contributed by atoms with Crippen LogP contribution in [-0.4, -0.2) is 51.0 Å². The van der Waals surface area contributed by atoms with Gasteiger partial charge in [-0.15, -0.1) is 0 Å². The van der Waals surface area contributed by atoms with E-state index in [1.807, 2.05) is 6.92 Å². The highest BCUT2D eigenvalue weighted by molar-refractivity contribution is 7.92. The summed E-state index contributed by atoms with van der Waals surface area (Å²) in [6.07, 6.45) is 1.03. The second kappa shape index (κ2) is 10.3. The number of benzene rings is 2. The van der Waals surface area contributed by atoms with Crippen molar-refractivity contribution >= 4 is 50.7 Å². The lowest BCUT2D eigenvalue weighted by molar-refractivity contribution is -0.139. The molecule has 2 rings (SSSR count). The molecule has 0 spiro atoms. The van der Waals surface area contributed by atoms with E-state index in [4.69, 9.17) is 23.2 Å². The van der Waals surface area contributed by atoms with Gasteiger partial charge in [0.05, 0.1) is 22.0 Å². The third-order valence-corrected chi connectivity index (χ3v) is 6.63. The van der Waals surface area contributed by atoms with Gasteiger partial charge in [-0.05, 0) is 43.7 Å². The number of nitrogens with one attached hydrogen (secondary N) is 1. The summed E-state index contributed by atoms with van der Waals surface area (Å²) in [5.74, 6) is -0.914. The maximum Gasteiger partial charge on any atom is 0.244 e. The van der Waals surface area contributed by atoms with E-state index >= 15 is 0 Å². The van der Waals surface area contributed by atoms with Crippen molar-refractivity contribution < 1.29 is 18.0 Å². The van der Waals surface area contributed by atoms with Crippen molar-refractivity contribution in [2.45, 2.75) is 26.4 Å². The number of hydrogen-bond donors (Lipinski definition) is 1. The van der Waals surface area contributed by atoms with Crippen LogP contribution in [-0.2, 0) is 26.2 Å². The van der Waals surface area contributed by atoms with Gasteiger partial charge in [0.1, 0.15) is 12.6 Å². The van der Waals surface area contributed by atoms with Crippen LogP contribution < -0.4 is 9.62 Å². The summed E-state index contributed by atoms with van der Waals surface area (Å²) < 4.78 is 25.9. The minimum Gasteiger partial charge on any atom is -0.357 e. The second-order valence-corrected chi connectivity index (χ2v) is 9.89. The third-order valence-electron chi connectivity index (χ3n) is 4.75. The Hall–Kier alpha value is -2.29. The number of sulfonamides is 1. The first-order valence-corrected chi connectivity index (χ1v) is 12.0. The maximum absolute atomic E-state index is 13.2. The molecule has 0 aromatic heterocycles. The van der Waals surface area contributed by atoms with Crippen LogP contribution in [0, 0.1) is 6.92 Å². The van der Waals surface area contributed by atoms with Crippen molar-refractivity contribution in [3.63, 3.8) is 0 Å². The predicted molar refractivity (Wildman–Crippen MR) is 124 cm³/mol. The molecule has 0 aliphatic carbocycles. The van der Waals surface area contributed by atoms with Gasteiger partial charge in [-0.2, -0.15) is 0 Å². The summed E-state index contributed by atoms with van der Waals surface area (Å²) in [6.45, 7) is 3.05. The van der Waals surface area contributed by atoms with Crippen molar-refractivity contribution in [2.24, 2.45) is 0 Å². The lowest BCUT2D eigenvalue weighted by Crippen LogP contribution is -2.50. The molecule has 0 saturated heterocycles. The van der Waals surface area contributed by atoms with Crippen molar-refractivity contribution in [1.82, 2.24) is 10.2 Å². The Morgan fingerprint density at radius 1 is 1.06 bits per heavy atom. The van der Waals surface area contributed by atoms with Gasteiger partial charge in [-0.3, -0.25) is 13.9 Å². The van der Waals surface area contributed by atoms with Gasteiger partial charge in [0.25, 0.3) is 0 Å². The van der Waals surface area contributed by atoms with E-state index in [0.29, 0.717) is 21.3 Å². The van der Waals surface area contributed by atoms with E-state index in [2.05, 4.69) is 5.32 Å². The first-order valence-electron chi connectivity index (χ1n) is 9.43. The van der Waals surface area contributed by atoms with E-state index in [1.54, 1.807) is 49.4 Å². The number of hydrogen-bond acceptors (Lipinski definition) is 4. The molecule has 0 radical (unpaired) electrons. The molecule has 0 heterocycles. The number of halogens is 2. The van der Waals surface area contributed by atoms with Crippen molar-refractivity contribution in [3.8, 4) is 0 Å². The Labute approximate surface area is 193 Å². The second-order valence-electron chi connectivity index (χ2n) is 7.17. The Balaban J connectivity index is 2.38. The van der Waals surface area contributed by atoms with Gasteiger partial charge in [0.2, 0.25) is 21.8 Å². The lowest BCUT2D eigenvalue weighted by atomic mass is 10.1. The zero-order valence-corrected chi connectivity index (χ0v) is 20.1. The third kappa shape index (κ3) is 6.59. The summed E-state index contributed by atoms with van der Waals surface area (Å²) in [4.78, 5) is 26.8. The molecule has 2 amide bonds. The number of aryl methyl sites for hydroxylation is 1. The highest BCUT2D eigenvalue weighted by atomic mass is 35.5. The van der Waals surface area contributed by atoms with E-state index in [9.17, 15) is 18.0 Å². The van der Waals surface area contributed by atoms with Crippen LogP contribution in [0.15, 0.2) is 42.5 Å². The molecule has 2 aromatic carbocycles. The Morgan fingerprint density at radius 2 is 1.68 bits per heavy atom. The lowest BCUT2D eigenvalue weighted by Gasteiger charge is -2.31. The van der Waals surface area contributed by atoms with E-state index in [0.717, 1.165) is 16.1 Å². The molecule has 2 aromatic rings. The number of likely N-dealkylation sites (N-methyl/N-ethyl adjacent to an activating group) is 1. The van der Waals surface area contributed by atoms with Gasteiger partial charge in [-0.25, -0.2) is 8.42 Å². The van der Waals surface area contributed by atoms with E-state index in [1.165, 1.54) is 11.9 Å². The maximum atomic E-state index is 13.2. The fraction of sp³-hybridized carbons (Fsp3) is 0.333. The van der Waals surface area contributed by atoms with Gasteiger partial charge in [0, 0.05) is 13.6 Å². The van der Waals surface area contributed by atoms with Crippen molar-refractivity contribution in [1.29, 1.82) is 0 Å². The Bertz CT molecular complexity index is 1060. The SMILES string of the molecule is CNC(=O)C(C)N(Cc1ccc(Cl)c(Cl)c1)C(=O)CN(c1ccc(C)cc1)S(C)(=O)=O. The highest BCUT2D eigenvalue weighted by Crippen LogP contribution is 2.24. The van der Waals surface area contributed by atoms with Crippen LogP contribution >= 0.6 is 23.2 Å². The number of carbonyl (C=O) groups is 2. The number of rotatable bonds is 8. The molecule has 7 nitrogen and oxygen atoms in total. The molecule has 1 atom stereocenters.